The molecule has 2 heterocycles. The van der Waals surface area contributed by atoms with Crippen LogP contribution in [-0.2, 0) is 0 Å². The Balaban J connectivity index is 1.82. The van der Waals surface area contributed by atoms with Gasteiger partial charge in [-0.25, -0.2) is 0 Å². The monoisotopic (exact) mass is 309 g/mol. The molecule has 3 aliphatic rings. The first kappa shape index (κ1) is 13.7. The van der Waals surface area contributed by atoms with Crippen molar-refractivity contribution in [2.45, 2.75) is 65.1 Å². The molecule has 0 amide bonds. The summed E-state index contributed by atoms with van der Waals surface area (Å²) >= 11 is 0. The highest BCUT2D eigenvalue weighted by atomic mass is 15.4. The predicted molar refractivity (Wildman–Crippen MR) is 97.2 cm³/mol. The van der Waals surface area contributed by atoms with E-state index in [-0.39, 0.29) is 6.17 Å². The van der Waals surface area contributed by atoms with E-state index in [1.165, 1.54) is 54.7 Å². The van der Waals surface area contributed by atoms with Gasteiger partial charge >= 0.3 is 0 Å². The molecule has 1 aromatic rings. The zero-order chi connectivity index (χ0) is 16.9. The van der Waals surface area contributed by atoms with Crippen LogP contribution in [0.3, 0.4) is 0 Å². The second kappa shape index (κ2) is 5.74. The Bertz CT molecular complexity index is 698. The van der Waals surface area contributed by atoms with E-state index in [2.05, 4.69) is 60.1 Å². The Labute approximate surface area is 141 Å². The fourth-order valence-corrected chi connectivity index (χ4v) is 4.64. The topological polar surface area (TPSA) is 6.48 Å². The number of allylic oxidation sites excluding steroid dienone is 2. The fraction of sp³-hybridized carbons (Fsp3) is 0.524. The van der Waals surface area contributed by atoms with Gasteiger partial charge in [-0.1, -0.05) is 43.5 Å². The molecule has 2 aliphatic heterocycles. The number of aryl methyl sites for hydroxylation is 1. The zero-order valence-corrected chi connectivity index (χ0v) is 14.5. The van der Waals surface area contributed by atoms with E-state index in [0.29, 0.717) is 5.92 Å². The third-order valence-electron chi connectivity index (χ3n) is 5.83. The lowest BCUT2D eigenvalue weighted by Gasteiger charge is -2.42. The molecule has 2 unspecified atom stereocenters. The minimum Gasteiger partial charge on any atom is -0.343 e. The van der Waals surface area contributed by atoms with Crippen molar-refractivity contribution in [1.82, 2.24) is 4.90 Å². The summed E-state index contributed by atoms with van der Waals surface area (Å²) < 4.78 is 8.84. The van der Waals surface area contributed by atoms with Crippen molar-refractivity contribution < 1.29 is 1.37 Å². The van der Waals surface area contributed by atoms with Gasteiger partial charge in [-0.2, -0.15) is 0 Å². The molecular weight excluding hydrogens is 280 g/mol. The minimum atomic E-state index is -0.643. The average Bonchev–Trinajstić information content (AvgIpc) is 3.05. The van der Waals surface area contributed by atoms with Gasteiger partial charge in [0.05, 0.1) is 7.07 Å². The first-order valence-electron chi connectivity index (χ1n) is 9.55. The number of hydrogen-bond acceptors (Lipinski definition) is 2. The van der Waals surface area contributed by atoms with Crippen LogP contribution >= 0.6 is 0 Å². The molecule has 0 N–H and O–H groups in total. The van der Waals surface area contributed by atoms with Gasteiger partial charge in [-0.3, -0.25) is 0 Å². The molecule has 4 rings (SSSR count). The average molecular weight is 309 g/mol. The van der Waals surface area contributed by atoms with Crippen molar-refractivity contribution in [3.63, 3.8) is 0 Å². The number of para-hydroxylation sites is 1. The van der Waals surface area contributed by atoms with Gasteiger partial charge in [-0.15, -0.1) is 0 Å². The van der Waals surface area contributed by atoms with E-state index >= 15 is 0 Å². The van der Waals surface area contributed by atoms with Gasteiger partial charge in [-0.05, 0) is 57.2 Å². The van der Waals surface area contributed by atoms with Gasteiger partial charge in [0, 0.05) is 17.4 Å². The predicted octanol–water partition coefficient (Wildman–Crippen LogP) is 5.21. The van der Waals surface area contributed by atoms with Crippen LogP contribution in [0.15, 0.2) is 47.8 Å². The third kappa shape index (κ3) is 2.31. The van der Waals surface area contributed by atoms with Crippen molar-refractivity contribution in [2.75, 3.05) is 4.90 Å². The summed E-state index contributed by atoms with van der Waals surface area (Å²) in [5.74, 6) is 0.635. The summed E-state index contributed by atoms with van der Waals surface area (Å²) in [6.07, 6.45) is 11.1. The van der Waals surface area contributed by atoms with Crippen LogP contribution in [0.1, 0.15) is 52.9 Å². The molecule has 1 fully saturated rings. The maximum Gasteiger partial charge on any atom is 0.109 e. The van der Waals surface area contributed by atoms with E-state index in [1.54, 1.807) is 0 Å². The number of fused-ring (bicyclic) bond motifs is 1. The Morgan fingerprint density at radius 2 is 1.83 bits per heavy atom. The lowest BCUT2D eigenvalue weighted by molar-refractivity contribution is 0.161. The minimum absolute atomic E-state index is 0.277. The Hall–Kier alpha value is -1.70. The molecule has 0 saturated heterocycles. The number of anilines is 1. The molecule has 1 aromatic carbocycles. The van der Waals surface area contributed by atoms with Crippen LogP contribution in [0, 0.1) is 12.8 Å². The normalized spacial score (nSPS) is 31.8. The van der Waals surface area contributed by atoms with Crippen LogP contribution in [0.5, 0.6) is 0 Å². The molecule has 1 saturated carbocycles. The lowest BCUT2D eigenvalue weighted by atomic mass is 9.85. The van der Waals surface area contributed by atoms with Crippen LogP contribution in [0.25, 0.3) is 0 Å². The molecule has 122 valence electrons. The quantitative estimate of drug-likeness (QED) is 0.739. The summed E-state index contributed by atoms with van der Waals surface area (Å²) in [5, 5.41) is 0. The van der Waals surface area contributed by atoms with Crippen molar-refractivity contribution >= 4 is 5.69 Å². The van der Waals surface area contributed by atoms with E-state index in [9.17, 15) is 0 Å². The van der Waals surface area contributed by atoms with E-state index in [1.807, 2.05) is 6.92 Å². The number of rotatable bonds is 2. The zero-order valence-electron chi connectivity index (χ0n) is 15.5. The lowest BCUT2D eigenvalue weighted by Crippen LogP contribution is -2.48. The van der Waals surface area contributed by atoms with E-state index in [4.69, 9.17) is 1.37 Å². The van der Waals surface area contributed by atoms with Crippen LogP contribution in [-0.4, -0.2) is 17.1 Å². The van der Waals surface area contributed by atoms with E-state index < -0.39 is 6.02 Å². The molecule has 2 heteroatoms. The van der Waals surface area contributed by atoms with Crippen molar-refractivity contribution in [2.24, 2.45) is 5.92 Å². The van der Waals surface area contributed by atoms with Crippen molar-refractivity contribution in [3.8, 4) is 0 Å². The molecule has 0 radical (unpaired) electrons. The van der Waals surface area contributed by atoms with Crippen LogP contribution in [0.4, 0.5) is 5.69 Å². The molecule has 0 aromatic heterocycles. The van der Waals surface area contributed by atoms with Gasteiger partial charge in [0.1, 0.15) is 6.17 Å². The Kier molecular flexibility index (Phi) is 3.42. The highest BCUT2D eigenvalue weighted by Crippen LogP contribution is 2.45. The molecule has 23 heavy (non-hydrogen) atoms. The van der Waals surface area contributed by atoms with Crippen molar-refractivity contribution in [1.29, 1.82) is 0 Å². The van der Waals surface area contributed by atoms with E-state index in [0.717, 1.165) is 0 Å². The molecule has 0 spiro atoms. The summed E-state index contributed by atoms with van der Waals surface area (Å²) in [6, 6.07) is 8.04. The van der Waals surface area contributed by atoms with Gasteiger partial charge < -0.3 is 9.80 Å². The fourth-order valence-electron chi connectivity index (χ4n) is 4.64. The number of hydrogen-bond donors (Lipinski definition) is 0. The summed E-state index contributed by atoms with van der Waals surface area (Å²) in [7, 11) is 0. The maximum absolute atomic E-state index is 8.84. The van der Waals surface area contributed by atoms with Gasteiger partial charge in [0.25, 0.3) is 0 Å². The van der Waals surface area contributed by atoms with Gasteiger partial charge in [0.15, 0.2) is 0 Å². The Morgan fingerprint density at radius 3 is 2.57 bits per heavy atom. The highest BCUT2D eigenvalue weighted by molar-refractivity contribution is 5.62. The Morgan fingerprint density at radius 1 is 1.09 bits per heavy atom. The summed E-state index contributed by atoms with van der Waals surface area (Å²) in [6.45, 7) is 6.45. The molecular formula is C21H28N2. The number of nitrogens with zero attached hydrogens (tertiary/aromatic N) is 2. The second-order valence-corrected chi connectivity index (χ2v) is 7.28. The van der Waals surface area contributed by atoms with Crippen LogP contribution < -0.4 is 4.90 Å². The molecule has 2 nitrogen and oxygen atoms in total. The largest absolute Gasteiger partial charge is 0.343 e. The summed E-state index contributed by atoms with van der Waals surface area (Å²) in [5.41, 5.74) is 5.16. The van der Waals surface area contributed by atoms with Gasteiger partial charge in [0.2, 0.25) is 0 Å². The standard InChI is InChI=1S/C21H28N2/c1-15-9-7-8-12-19(15)23-17(3)20-14-13-16(2)22(20)21(23)18-10-5-4-6-11-18/h7-9,12-14,16,18,21H,4-6,10-11H2,1-3H3/i16D. The third-order valence-corrected chi connectivity index (χ3v) is 5.83. The highest BCUT2D eigenvalue weighted by Gasteiger charge is 2.44. The molecule has 2 atom stereocenters. The maximum atomic E-state index is 8.84. The smallest absolute Gasteiger partial charge is 0.109 e. The molecule has 1 aliphatic carbocycles. The first-order chi connectivity index (χ1) is 11.5. The second-order valence-electron chi connectivity index (χ2n) is 7.28. The number of benzene rings is 1. The summed E-state index contributed by atoms with van der Waals surface area (Å²) in [4.78, 5) is 4.89. The first-order valence-corrected chi connectivity index (χ1v) is 9.05. The van der Waals surface area contributed by atoms with Crippen LogP contribution in [0.2, 0.25) is 0 Å². The molecule has 0 bridgehead atoms. The SMILES string of the molecule is [2H]C1(C)C=CC2=C(C)N(c3ccccc3C)C(C3CCCCC3)N21. The van der Waals surface area contributed by atoms with Crippen molar-refractivity contribution in [3.05, 3.63) is 53.4 Å².